The van der Waals surface area contributed by atoms with Gasteiger partial charge >= 0.3 is 0 Å². The maximum Gasteiger partial charge on any atom is 0.0594 e. The third-order valence-electron chi connectivity index (χ3n) is 4.08. The molecule has 0 amide bonds. The van der Waals surface area contributed by atoms with Crippen molar-refractivity contribution < 1.29 is 4.74 Å². The first kappa shape index (κ1) is 16.4. The first-order chi connectivity index (χ1) is 10.2. The molecule has 1 fully saturated rings. The summed E-state index contributed by atoms with van der Waals surface area (Å²) >= 11 is 0. The molecule has 1 N–H and O–H groups in total. The third-order valence-corrected chi connectivity index (χ3v) is 4.08. The van der Waals surface area contributed by atoms with E-state index < -0.39 is 0 Å². The molecule has 2 unspecified atom stereocenters. The monoisotopic (exact) mass is 291 g/mol. The number of aromatic nitrogens is 1. The van der Waals surface area contributed by atoms with Crippen LogP contribution in [0.4, 0.5) is 0 Å². The molecule has 0 bridgehead atoms. The summed E-state index contributed by atoms with van der Waals surface area (Å²) in [6.07, 6.45) is 3.00. The van der Waals surface area contributed by atoms with Gasteiger partial charge in [0.15, 0.2) is 0 Å². The number of rotatable bonds is 7. The number of nitrogens with one attached hydrogen (secondary N) is 1. The van der Waals surface area contributed by atoms with Crippen LogP contribution in [-0.2, 0) is 4.74 Å². The van der Waals surface area contributed by atoms with Crippen molar-refractivity contribution in [1.82, 2.24) is 15.2 Å². The fraction of sp³-hybridized carbons (Fsp3) is 0.706. The fourth-order valence-electron chi connectivity index (χ4n) is 2.82. The van der Waals surface area contributed by atoms with Crippen LogP contribution in [0.2, 0.25) is 0 Å². The lowest BCUT2D eigenvalue weighted by Gasteiger charge is -2.33. The van der Waals surface area contributed by atoms with Crippen molar-refractivity contribution >= 4 is 0 Å². The van der Waals surface area contributed by atoms with E-state index in [0.717, 1.165) is 45.0 Å². The number of hydrogen-bond acceptors (Lipinski definition) is 4. The summed E-state index contributed by atoms with van der Waals surface area (Å²) < 4.78 is 5.43. The minimum Gasteiger partial charge on any atom is -0.379 e. The number of pyridine rings is 1. The second-order valence-electron chi connectivity index (χ2n) is 6.34. The zero-order chi connectivity index (χ0) is 15.1. The summed E-state index contributed by atoms with van der Waals surface area (Å²) in [5.41, 5.74) is 1.15. The Kier molecular flexibility index (Phi) is 6.61. The maximum atomic E-state index is 5.43. The van der Waals surface area contributed by atoms with Crippen molar-refractivity contribution in [3.05, 3.63) is 30.1 Å². The molecule has 21 heavy (non-hydrogen) atoms. The minimum atomic E-state index is 0.342. The number of hydrogen-bond donors (Lipinski definition) is 1. The Balaban J connectivity index is 1.89. The molecule has 0 saturated carbocycles. The van der Waals surface area contributed by atoms with E-state index in [1.807, 2.05) is 12.3 Å². The van der Waals surface area contributed by atoms with Gasteiger partial charge in [0.1, 0.15) is 0 Å². The Morgan fingerprint density at radius 3 is 2.62 bits per heavy atom. The van der Waals surface area contributed by atoms with Gasteiger partial charge in [0.2, 0.25) is 0 Å². The molecule has 0 spiro atoms. The molecule has 118 valence electrons. The second-order valence-corrected chi connectivity index (χ2v) is 6.34. The first-order valence-corrected chi connectivity index (χ1v) is 8.13. The summed E-state index contributed by atoms with van der Waals surface area (Å²) in [6.45, 7) is 11.6. The lowest BCUT2D eigenvalue weighted by molar-refractivity contribution is 0.0197. The average molecular weight is 291 g/mol. The van der Waals surface area contributed by atoms with Crippen LogP contribution in [0.1, 0.15) is 38.9 Å². The molecule has 2 heterocycles. The van der Waals surface area contributed by atoms with Crippen LogP contribution in [0.5, 0.6) is 0 Å². The van der Waals surface area contributed by atoms with Gasteiger partial charge in [-0.3, -0.25) is 9.88 Å². The van der Waals surface area contributed by atoms with Crippen LogP contribution in [0.3, 0.4) is 0 Å². The Hall–Kier alpha value is -0.970. The van der Waals surface area contributed by atoms with Crippen molar-refractivity contribution in [2.45, 2.75) is 39.3 Å². The van der Waals surface area contributed by atoms with Crippen molar-refractivity contribution in [2.24, 2.45) is 5.92 Å². The molecule has 0 radical (unpaired) electrons. The SMILES string of the molecule is CC(C)CC(NCC(C)N1CCOCC1)c1ccccn1. The summed E-state index contributed by atoms with van der Waals surface area (Å²) in [5, 5.41) is 3.72. The third kappa shape index (κ3) is 5.38. The molecule has 0 aliphatic carbocycles. The molecule has 1 aromatic rings. The topological polar surface area (TPSA) is 37.4 Å². The van der Waals surface area contributed by atoms with Crippen molar-refractivity contribution in [3.8, 4) is 0 Å². The van der Waals surface area contributed by atoms with Crippen LogP contribution in [0.25, 0.3) is 0 Å². The summed E-state index contributed by atoms with van der Waals surface area (Å²) in [7, 11) is 0. The van der Waals surface area contributed by atoms with Gasteiger partial charge in [-0.2, -0.15) is 0 Å². The highest BCUT2D eigenvalue weighted by Gasteiger charge is 2.19. The van der Waals surface area contributed by atoms with Crippen LogP contribution >= 0.6 is 0 Å². The van der Waals surface area contributed by atoms with Crippen LogP contribution in [0, 0.1) is 5.92 Å². The van der Waals surface area contributed by atoms with Gasteiger partial charge < -0.3 is 10.1 Å². The molecular weight excluding hydrogens is 262 g/mol. The van der Waals surface area contributed by atoms with Gasteiger partial charge in [-0.1, -0.05) is 19.9 Å². The molecule has 4 nitrogen and oxygen atoms in total. The molecule has 4 heteroatoms. The second kappa shape index (κ2) is 8.47. The molecule has 2 rings (SSSR count). The van der Waals surface area contributed by atoms with Crippen LogP contribution in [0.15, 0.2) is 24.4 Å². The first-order valence-electron chi connectivity index (χ1n) is 8.13. The largest absolute Gasteiger partial charge is 0.379 e. The zero-order valence-corrected chi connectivity index (χ0v) is 13.6. The molecule has 1 saturated heterocycles. The Labute approximate surface area is 128 Å². The molecule has 1 aromatic heterocycles. The van der Waals surface area contributed by atoms with E-state index in [-0.39, 0.29) is 0 Å². The Morgan fingerprint density at radius 2 is 2.00 bits per heavy atom. The Bertz CT molecular complexity index is 390. The van der Waals surface area contributed by atoms with Crippen LogP contribution in [-0.4, -0.2) is 48.8 Å². The van der Waals surface area contributed by atoms with Crippen molar-refractivity contribution in [1.29, 1.82) is 0 Å². The summed E-state index contributed by atoms with van der Waals surface area (Å²) in [5.74, 6) is 0.656. The van der Waals surface area contributed by atoms with Crippen LogP contribution < -0.4 is 5.32 Å². The van der Waals surface area contributed by atoms with Crippen molar-refractivity contribution in [2.75, 3.05) is 32.8 Å². The van der Waals surface area contributed by atoms with E-state index in [9.17, 15) is 0 Å². The van der Waals surface area contributed by atoms with E-state index >= 15 is 0 Å². The highest BCUT2D eigenvalue weighted by Crippen LogP contribution is 2.19. The quantitative estimate of drug-likeness (QED) is 0.837. The van der Waals surface area contributed by atoms with Gasteiger partial charge in [-0.05, 0) is 31.4 Å². The lowest BCUT2D eigenvalue weighted by atomic mass is 10.0. The summed E-state index contributed by atoms with van der Waals surface area (Å²) in [6, 6.07) is 7.05. The fourth-order valence-corrected chi connectivity index (χ4v) is 2.82. The zero-order valence-electron chi connectivity index (χ0n) is 13.6. The van der Waals surface area contributed by atoms with E-state index in [0.29, 0.717) is 18.0 Å². The van der Waals surface area contributed by atoms with Gasteiger partial charge in [0.05, 0.1) is 18.9 Å². The standard InChI is InChI=1S/C17H29N3O/c1-14(2)12-17(16-6-4-5-7-18-16)19-13-15(3)20-8-10-21-11-9-20/h4-7,14-15,17,19H,8-13H2,1-3H3. The van der Waals surface area contributed by atoms with Gasteiger partial charge in [-0.15, -0.1) is 0 Å². The van der Waals surface area contributed by atoms with Crippen molar-refractivity contribution in [3.63, 3.8) is 0 Å². The van der Waals surface area contributed by atoms with E-state index in [1.165, 1.54) is 0 Å². The lowest BCUT2D eigenvalue weighted by Crippen LogP contribution is -2.47. The Morgan fingerprint density at radius 1 is 1.24 bits per heavy atom. The minimum absolute atomic E-state index is 0.342. The predicted octanol–water partition coefficient (Wildman–Crippen LogP) is 2.48. The molecule has 2 atom stereocenters. The van der Waals surface area contributed by atoms with Gasteiger partial charge in [0.25, 0.3) is 0 Å². The van der Waals surface area contributed by atoms with Gasteiger partial charge in [0, 0.05) is 37.9 Å². The molecular formula is C17H29N3O. The van der Waals surface area contributed by atoms with Gasteiger partial charge in [-0.25, -0.2) is 0 Å². The molecule has 1 aliphatic heterocycles. The number of nitrogens with zero attached hydrogens (tertiary/aromatic N) is 2. The normalized spacial score (nSPS) is 19.6. The van der Waals surface area contributed by atoms with E-state index in [4.69, 9.17) is 4.74 Å². The highest BCUT2D eigenvalue weighted by molar-refractivity contribution is 5.08. The average Bonchev–Trinajstić information content (AvgIpc) is 2.52. The van der Waals surface area contributed by atoms with E-state index in [2.05, 4.69) is 48.1 Å². The maximum absolute atomic E-state index is 5.43. The smallest absolute Gasteiger partial charge is 0.0594 e. The predicted molar refractivity (Wildman–Crippen MR) is 86.3 cm³/mol. The summed E-state index contributed by atoms with van der Waals surface area (Å²) in [4.78, 5) is 7.03. The number of morpholine rings is 1. The van der Waals surface area contributed by atoms with E-state index in [1.54, 1.807) is 0 Å². The number of ether oxygens (including phenoxy) is 1. The highest BCUT2D eigenvalue weighted by atomic mass is 16.5. The molecule has 0 aromatic carbocycles. The molecule has 1 aliphatic rings.